The monoisotopic (exact) mass is 546 g/mol. The van der Waals surface area contributed by atoms with Gasteiger partial charge in [-0.15, -0.1) is 0 Å². The molecule has 10 heteroatoms. The SMILES string of the molecule is CC(C)N1CCOc2c(F)cc(-c3nc(Cc4ccc(C5CCN(C)CC5)c(F)c4)ncc3C(F)(F)F)cc21. The molecule has 0 unspecified atom stereocenters. The number of anilines is 1. The fraction of sp³-hybridized carbons (Fsp3) is 0.448. The molecule has 0 aliphatic carbocycles. The fourth-order valence-corrected chi connectivity index (χ4v) is 5.42. The van der Waals surface area contributed by atoms with E-state index in [9.17, 15) is 13.2 Å². The van der Waals surface area contributed by atoms with Crippen LogP contribution < -0.4 is 9.64 Å². The maximum Gasteiger partial charge on any atom is 0.419 e. The van der Waals surface area contributed by atoms with Crippen molar-refractivity contribution in [3.63, 3.8) is 0 Å². The third kappa shape index (κ3) is 5.71. The van der Waals surface area contributed by atoms with Gasteiger partial charge in [0.15, 0.2) is 11.6 Å². The smallest absolute Gasteiger partial charge is 0.419 e. The van der Waals surface area contributed by atoms with Gasteiger partial charge in [-0.05, 0) is 82.1 Å². The van der Waals surface area contributed by atoms with Crippen LogP contribution in [0.3, 0.4) is 0 Å². The zero-order valence-electron chi connectivity index (χ0n) is 22.2. The molecule has 0 amide bonds. The lowest BCUT2D eigenvalue weighted by molar-refractivity contribution is -0.137. The topological polar surface area (TPSA) is 41.5 Å². The summed E-state index contributed by atoms with van der Waals surface area (Å²) in [5.41, 5.74) is 0.0654. The highest BCUT2D eigenvalue weighted by Gasteiger charge is 2.36. The first-order valence-corrected chi connectivity index (χ1v) is 13.1. The van der Waals surface area contributed by atoms with Gasteiger partial charge in [0.1, 0.15) is 23.8 Å². The van der Waals surface area contributed by atoms with E-state index < -0.39 is 23.3 Å². The second kappa shape index (κ2) is 10.7. The average molecular weight is 547 g/mol. The van der Waals surface area contributed by atoms with Gasteiger partial charge < -0.3 is 14.5 Å². The summed E-state index contributed by atoms with van der Waals surface area (Å²) in [4.78, 5) is 12.3. The third-order valence-electron chi connectivity index (χ3n) is 7.54. The van der Waals surface area contributed by atoms with Crippen LogP contribution in [0.25, 0.3) is 11.3 Å². The zero-order chi connectivity index (χ0) is 27.9. The summed E-state index contributed by atoms with van der Waals surface area (Å²) in [6, 6.07) is 7.41. The lowest BCUT2D eigenvalue weighted by Crippen LogP contribution is -2.38. The van der Waals surface area contributed by atoms with Crippen molar-refractivity contribution in [2.24, 2.45) is 0 Å². The Hall–Kier alpha value is -3.27. The lowest BCUT2D eigenvalue weighted by atomic mass is 9.88. The number of aromatic nitrogens is 2. The van der Waals surface area contributed by atoms with Crippen molar-refractivity contribution in [3.8, 4) is 17.0 Å². The molecule has 0 spiro atoms. The molecule has 3 heterocycles. The number of nitrogens with zero attached hydrogens (tertiary/aromatic N) is 4. The molecule has 1 fully saturated rings. The first kappa shape index (κ1) is 27.3. The Bertz CT molecular complexity index is 1350. The summed E-state index contributed by atoms with van der Waals surface area (Å²) in [5, 5.41) is 0. The minimum Gasteiger partial charge on any atom is -0.486 e. The third-order valence-corrected chi connectivity index (χ3v) is 7.54. The number of hydrogen-bond donors (Lipinski definition) is 0. The van der Waals surface area contributed by atoms with E-state index in [4.69, 9.17) is 4.74 Å². The van der Waals surface area contributed by atoms with Gasteiger partial charge in [-0.2, -0.15) is 13.2 Å². The van der Waals surface area contributed by atoms with Gasteiger partial charge in [-0.3, -0.25) is 0 Å². The molecule has 208 valence electrons. The van der Waals surface area contributed by atoms with Gasteiger partial charge in [0.25, 0.3) is 0 Å². The molecule has 5 nitrogen and oxygen atoms in total. The van der Waals surface area contributed by atoms with E-state index in [2.05, 4.69) is 14.9 Å². The number of likely N-dealkylation sites (tertiary alicyclic amines) is 1. The zero-order valence-corrected chi connectivity index (χ0v) is 22.2. The predicted molar refractivity (Wildman–Crippen MR) is 139 cm³/mol. The van der Waals surface area contributed by atoms with Crippen molar-refractivity contribution >= 4 is 5.69 Å². The van der Waals surface area contributed by atoms with Crippen molar-refractivity contribution in [2.45, 2.75) is 51.2 Å². The average Bonchev–Trinajstić information content (AvgIpc) is 2.88. The van der Waals surface area contributed by atoms with Crippen LogP contribution in [0.5, 0.6) is 5.75 Å². The molecular formula is C29H31F5N4O. The summed E-state index contributed by atoms with van der Waals surface area (Å²) in [6.45, 7) is 6.39. The first-order valence-electron chi connectivity index (χ1n) is 13.1. The second-order valence-corrected chi connectivity index (χ2v) is 10.6. The van der Waals surface area contributed by atoms with Crippen molar-refractivity contribution in [3.05, 3.63) is 70.7 Å². The Morgan fingerprint density at radius 1 is 1.03 bits per heavy atom. The van der Waals surface area contributed by atoms with Crippen molar-refractivity contribution in [1.29, 1.82) is 0 Å². The van der Waals surface area contributed by atoms with E-state index in [1.807, 2.05) is 25.8 Å². The van der Waals surface area contributed by atoms with E-state index >= 15 is 8.78 Å². The Labute approximate surface area is 224 Å². The van der Waals surface area contributed by atoms with Crippen LogP contribution >= 0.6 is 0 Å². The van der Waals surface area contributed by atoms with E-state index in [1.165, 1.54) is 12.1 Å². The maximum atomic E-state index is 15.1. The molecule has 0 atom stereocenters. The van der Waals surface area contributed by atoms with Crippen molar-refractivity contribution in [1.82, 2.24) is 14.9 Å². The number of benzene rings is 2. The molecular weight excluding hydrogens is 515 g/mol. The van der Waals surface area contributed by atoms with E-state index in [-0.39, 0.29) is 47.9 Å². The van der Waals surface area contributed by atoms with E-state index in [0.29, 0.717) is 23.4 Å². The molecule has 3 aromatic rings. The Kier molecular flexibility index (Phi) is 7.50. The number of alkyl halides is 3. The molecule has 39 heavy (non-hydrogen) atoms. The second-order valence-electron chi connectivity index (χ2n) is 10.6. The van der Waals surface area contributed by atoms with Gasteiger partial charge in [-0.1, -0.05) is 12.1 Å². The van der Waals surface area contributed by atoms with Crippen molar-refractivity contribution in [2.75, 3.05) is 38.2 Å². The van der Waals surface area contributed by atoms with Crippen LogP contribution in [0.2, 0.25) is 0 Å². The lowest BCUT2D eigenvalue weighted by Gasteiger charge is -2.35. The highest BCUT2D eigenvalue weighted by Crippen LogP contribution is 2.42. The minimum absolute atomic E-state index is 0.0155. The normalized spacial score (nSPS) is 16.9. The van der Waals surface area contributed by atoms with Crippen LogP contribution in [0.15, 0.2) is 36.5 Å². The van der Waals surface area contributed by atoms with Crippen LogP contribution in [0.4, 0.5) is 27.6 Å². The molecule has 1 saturated heterocycles. The van der Waals surface area contributed by atoms with E-state index in [1.54, 1.807) is 12.1 Å². The van der Waals surface area contributed by atoms with Crippen LogP contribution in [0, 0.1) is 11.6 Å². The summed E-state index contributed by atoms with van der Waals surface area (Å²) < 4.78 is 77.5. The standard InChI is InChI=1S/C29H31F5N4O/c1-17(2)38-10-11-39-28-24(31)14-20(15-25(28)38)27-22(29(32,33)34)16-35-26(36-27)13-18-4-5-21(23(30)12-18)19-6-8-37(3)9-7-19/h4-5,12,14-17,19H,6-11,13H2,1-3H3. The number of piperidine rings is 1. The van der Waals surface area contributed by atoms with Gasteiger partial charge in [-0.25, -0.2) is 18.7 Å². The van der Waals surface area contributed by atoms with Gasteiger partial charge in [0.05, 0.1) is 17.9 Å². The minimum atomic E-state index is -4.75. The molecule has 0 saturated carbocycles. The summed E-state index contributed by atoms with van der Waals surface area (Å²) in [6.07, 6.45) is -2.26. The molecule has 0 radical (unpaired) electrons. The van der Waals surface area contributed by atoms with Gasteiger partial charge in [0.2, 0.25) is 0 Å². The molecule has 0 N–H and O–H groups in total. The van der Waals surface area contributed by atoms with Crippen LogP contribution in [0.1, 0.15) is 55.1 Å². The quantitative estimate of drug-likeness (QED) is 0.344. The summed E-state index contributed by atoms with van der Waals surface area (Å²) in [7, 11) is 2.04. The molecule has 2 aliphatic rings. The number of rotatable bonds is 5. The van der Waals surface area contributed by atoms with Crippen molar-refractivity contribution < 1.29 is 26.7 Å². The number of ether oxygens (including phenoxy) is 1. The summed E-state index contributed by atoms with van der Waals surface area (Å²) >= 11 is 0. The summed E-state index contributed by atoms with van der Waals surface area (Å²) in [5.74, 6) is -0.855. The largest absolute Gasteiger partial charge is 0.486 e. The maximum absolute atomic E-state index is 15.1. The Morgan fingerprint density at radius 3 is 2.44 bits per heavy atom. The highest BCUT2D eigenvalue weighted by atomic mass is 19.4. The van der Waals surface area contributed by atoms with E-state index in [0.717, 1.165) is 38.2 Å². The molecule has 0 bridgehead atoms. The van der Waals surface area contributed by atoms with Crippen LogP contribution in [-0.4, -0.2) is 54.2 Å². The van der Waals surface area contributed by atoms with Gasteiger partial charge in [0, 0.05) is 24.2 Å². The predicted octanol–water partition coefficient (Wildman–Crippen LogP) is 6.45. The molecule has 1 aromatic heterocycles. The molecule has 5 rings (SSSR count). The Morgan fingerprint density at radius 2 is 1.77 bits per heavy atom. The number of halogens is 5. The first-order chi connectivity index (χ1) is 18.5. The number of fused-ring (bicyclic) bond motifs is 1. The fourth-order valence-electron chi connectivity index (χ4n) is 5.42. The highest BCUT2D eigenvalue weighted by molar-refractivity contribution is 5.74. The number of hydrogen-bond acceptors (Lipinski definition) is 5. The molecule has 2 aromatic carbocycles. The van der Waals surface area contributed by atoms with Crippen LogP contribution in [-0.2, 0) is 12.6 Å². The molecule has 2 aliphatic heterocycles. The van der Waals surface area contributed by atoms with Gasteiger partial charge >= 0.3 is 6.18 Å². The Balaban J connectivity index is 1.49.